The van der Waals surface area contributed by atoms with Gasteiger partial charge in [0.15, 0.2) is 17.6 Å². The average molecular weight is 598 g/mol. The molecule has 2 saturated heterocycles. The number of non-ortho nitro benzene ring substituents is 1. The molecule has 0 spiro atoms. The van der Waals surface area contributed by atoms with Crippen molar-refractivity contribution in [2.45, 2.75) is 26.0 Å². The maximum Gasteiger partial charge on any atom is 0.271 e. The van der Waals surface area contributed by atoms with Crippen LogP contribution in [0.4, 0.5) is 17.1 Å². The van der Waals surface area contributed by atoms with Crippen molar-refractivity contribution >= 4 is 44.8 Å². The van der Waals surface area contributed by atoms with Gasteiger partial charge >= 0.3 is 0 Å². The normalized spacial score (nSPS) is 20.3. The number of nitrogens with zero attached hydrogens (tertiary/aromatic N) is 3. The highest BCUT2D eigenvalue weighted by Crippen LogP contribution is 2.50. The first-order chi connectivity index (χ1) is 18.7. The molecule has 2 aliphatic heterocycles. The van der Waals surface area contributed by atoms with E-state index in [9.17, 15) is 24.8 Å². The Labute approximate surface area is 231 Å². The van der Waals surface area contributed by atoms with Gasteiger partial charge in [-0.1, -0.05) is 12.1 Å². The first kappa shape index (κ1) is 26.4. The molecule has 39 heavy (non-hydrogen) atoms. The maximum absolute atomic E-state index is 13.9. The number of hydroxylamine groups is 1. The van der Waals surface area contributed by atoms with Gasteiger partial charge in [0, 0.05) is 18.2 Å². The molecule has 2 aliphatic rings. The van der Waals surface area contributed by atoms with E-state index in [1.165, 1.54) is 23.3 Å². The Bertz CT molecular complexity index is 1460. The zero-order valence-corrected chi connectivity index (χ0v) is 22.5. The van der Waals surface area contributed by atoms with E-state index in [1.807, 2.05) is 6.92 Å². The summed E-state index contributed by atoms with van der Waals surface area (Å²) in [5.74, 6) is -1.52. The number of phenolic OH excluding ortho intramolecular Hbond substituents is 1. The molecule has 3 atom stereocenters. The Hall–Kier alpha value is -4.16. The lowest BCUT2D eigenvalue weighted by atomic mass is 9.90. The minimum absolute atomic E-state index is 0.124. The Kier molecular flexibility index (Phi) is 7.15. The SMILES string of the molecule is CCOc1cccc(N2C(=O)[C@@H]3[C@H](ON(c4cccc([N+](=O)[O-])c4)[C@H]3c3cc(Br)c(O)c(OCC)c3)C2=O)c1. The second kappa shape index (κ2) is 10.5. The van der Waals surface area contributed by atoms with E-state index < -0.39 is 34.8 Å². The smallest absolute Gasteiger partial charge is 0.271 e. The molecule has 0 aliphatic carbocycles. The van der Waals surface area contributed by atoms with Gasteiger partial charge < -0.3 is 14.6 Å². The van der Waals surface area contributed by atoms with Crippen molar-refractivity contribution in [1.82, 2.24) is 0 Å². The monoisotopic (exact) mass is 597 g/mol. The number of carbonyl (C=O) groups excluding carboxylic acids is 2. The highest BCUT2D eigenvalue weighted by Gasteiger charge is 2.60. The van der Waals surface area contributed by atoms with Crippen molar-refractivity contribution in [3.63, 3.8) is 0 Å². The number of hydrogen-bond acceptors (Lipinski definition) is 9. The van der Waals surface area contributed by atoms with Crippen LogP contribution in [0.25, 0.3) is 0 Å². The number of imide groups is 1. The first-order valence-corrected chi connectivity index (χ1v) is 13.0. The Morgan fingerprint density at radius 1 is 1.00 bits per heavy atom. The Balaban J connectivity index is 1.62. The van der Waals surface area contributed by atoms with Crippen molar-refractivity contribution < 1.29 is 33.9 Å². The summed E-state index contributed by atoms with van der Waals surface area (Å²) in [4.78, 5) is 45.6. The fourth-order valence-corrected chi connectivity index (χ4v) is 5.34. The lowest BCUT2D eigenvalue weighted by Gasteiger charge is -2.29. The largest absolute Gasteiger partial charge is 0.503 e. The molecule has 0 saturated carbocycles. The van der Waals surface area contributed by atoms with Crippen LogP contribution >= 0.6 is 15.9 Å². The van der Waals surface area contributed by atoms with E-state index in [4.69, 9.17) is 14.3 Å². The maximum atomic E-state index is 13.9. The number of nitro groups is 1. The van der Waals surface area contributed by atoms with Crippen molar-refractivity contribution in [3.05, 3.63) is 80.8 Å². The highest BCUT2D eigenvalue weighted by atomic mass is 79.9. The molecule has 12 heteroatoms. The topological polar surface area (TPSA) is 132 Å². The number of nitro benzene ring substituents is 1. The fourth-order valence-electron chi connectivity index (χ4n) is 4.88. The molecule has 11 nitrogen and oxygen atoms in total. The van der Waals surface area contributed by atoms with Crippen molar-refractivity contribution in [3.8, 4) is 17.2 Å². The van der Waals surface area contributed by atoms with Crippen LogP contribution in [0, 0.1) is 16.0 Å². The molecule has 0 unspecified atom stereocenters. The number of amides is 2. The number of rotatable bonds is 8. The number of hydrogen-bond donors (Lipinski definition) is 1. The third-order valence-corrected chi connectivity index (χ3v) is 7.09. The molecule has 2 amide bonds. The summed E-state index contributed by atoms with van der Waals surface area (Å²) in [7, 11) is 0. The number of anilines is 2. The molecule has 3 aromatic carbocycles. The first-order valence-electron chi connectivity index (χ1n) is 12.2. The molecule has 0 bridgehead atoms. The predicted molar refractivity (Wildman–Crippen MR) is 144 cm³/mol. The molecular formula is C27H24BrN3O8. The average Bonchev–Trinajstić information content (AvgIpc) is 3.43. The van der Waals surface area contributed by atoms with E-state index in [2.05, 4.69) is 15.9 Å². The second-order valence-corrected chi connectivity index (χ2v) is 9.68. The molecule has 202 valence electrons. The number of fused-ring (bicyclic) bond motifs is 1. The van der Waals surface area contributed by atoms with E-state index in [1.54, 1.807) is 49.4 Å². The summed E-state index contributed by atoms with van der Waals surface area (Å²) >= 11 is 3.34. The minimum atomic E-state index is -1.19. The van der Waals surface area contributed by atoms with Gasteiger partial charge in [0.1, 0.15) is 11.7 Å². The predicted octanol–water partition coefficient (Wildman–Crippen LogP) is 4.91. The van der Waals surface area contributed by atoms with E-state index in [0.717, 1.165) is 4.90 Å². The zero-order chi connectivity index (χ0) is 27.8. The van der Waals surface area contributed by atoms with E-state index in [-0.39, 0.29) is 29.5 Å². The quantitative estimate of drug-likeness (QED) is 0.218. The van der Waals surface area contributed by atoms with Crippen LogP contribution < -0.4 is 19.4 Å². The summed E-state index contributed by atoms with van der Waals surface area (Å²) in [5.41, 5.74) is 0.946. The molecule has 0 aromatic heterocycles. The van der Waals surface area contributed by atoms with Crippen molar-refractivity contribution in [2.24, 2.45) is 5.92 Å². The van der Waals surface area contributed by atoms with Gasteiger partial charge in [-0.15, -0.1) is 0 Å². The van der Waals surface area contributed by atoms with Crippen LogP contribution in [0.3, 0.4) is 0 Å². The van der Waals surface area contributed by atoms with Crippen LogP contribution in [0.15, 0.2) is 65.1 Å². The van der Waals surface area contributed by atoms with Gasteiger partial charge in [-0.3, -0.25) is 24.5 Å². The van der Waals surface area contributed by atoms with Crippen LogP contribution in [-0.4, -0.2) is 41.2 Å². The van der Waals surface area contributed by atoms with Gasteiger partial charge in [0.2, 0.25) is 5.91 Å². The highest BCUT2D eigenvalue weighted by molar-refractivity contribution is 9.10. The summed E-state index contributed by atoms with van der Waals surface area (Å²) in [6.07, 6.45) is -1.19. The number of ether oxygens (including phenoxy) is 2. The zero-order valence-electron chi connectivity index (χ0n) is 20.9. The van der Waals surface area contributed by atoms with Crippen molar-refractivity contribution in [1.29, 1.82) is 0 Å². The molecular weight excluding hydrogens is 574 g/mol. The lowest BCUT2D eigenvalue weighted by molar-refractivity contribution is -0.384. The molecule has 2 heterocycles. The van der Waals surface area contributed by atoms with Crippen LogP contribution in [-0.2, 0) is 14.4 Å². The summed E-state index contributed by atoms with van der Waals surface area (Å²) in [6.45, 7) is 4.28. The lowest BCUT2D eigenvalue weighted by Crippen LogP contribution is -2.37. The minimum Gasteiger partial charge on any atom is -0.503 e. The third kappa shape index (κ3) is 4.66. The Morgan fingerprint density at radius 3 is 2.44 bits per heavy atom. The van der Waals surface area contributed by atoms with E-state index >= 15 is 0 Å². The number of halogens is 1. The molecule has 5 rings (SSSR count). The number of phenols is 1. The van der Waals surface area contributed by atoms with Crippen LogP contribution in [0.5, 0.6) is 17.2 Å². The van der Waals surface area contributed by atoms with Gasteiger partial charge in [-0.05, 0) is 65.7 Å². The molecule has 2 fully saturated rings. The number of carbonyl (C=O) groups is 2. The molecule has 3 aromatic rings. The van der Waals surface area contributed by atoms with E-state index in [0.29, 0.717) is 28.1 Å². The van der Waals surface area contributed by atoms with Gasteiger partial charge in [-0.2, -0.15) is 0 Å². The Morgan fingerprint density at radius 2 is 1.72 bits per heavy atom. The van der Waals surface area contributed by atoms with Gasteiger partial charge in [0.05, 0.1) is 40.0 Å². The van der Waals surface area contributed by atoms with Crippen LogP contribution in [0.1, 0.15) is 25.5 Å². The van der Waals surface area contributed by atoms with Crippen LogP contribution in [0.2, 0.25) is 0 Å². The summed E-state index contributed by atoms with van der Waals surface area (Å²) < 4.78 is 11.4. The fraction of sp³-hybridized carbons (Fsp3) is 0.259. The third-order valence-electron chi connectivity index (χ3n) is 6.49. The second-order valence-electron chi connectivity index (χ2n) is 8.82. The summed E-state index contributed by atoms with van der Waals surface area (Å²) in [5, 5.41) is 23.3. The number of aromatic hydroxyl groups is 1. The molecule has 1 N–H and O–H groups in total. The number of benzene rings is 3. The van der Waals surface area contributed by atoms with Gasteiger partial charge in [0.25, 0.3) is 11.6 Å². The van der Waals surface area contributed by atoms with Crippen molar-refractivity contribution in [2.75, 3.05) is 23.2 Å². The summed E-state index contributed by atoms with van der Waals surface area (Å²) in [6, 6.07) is 14.7. The van der Waals surface area contributed by atoms with Gasteiger partial charge in [-0.25, -0.2) is 9.96 Å². The standard InChI is InChI=1S/C27H24BrN3O8/c1-3-37-19-10-6-7-16(14-19)29-26(33)22-23(15-11-20(28)24(32)21(12-15)38-4-2)30(39-25(22)27(29)34)17-8-5-9-18(13-17)31(35)36/h5-14,22-23,25,32H,3-4H2,1-2H3/t22-,23-,25-/m0/s1. The molecule has 0 radical (unpaired) electrons.